The number of benzene rings is 3. The van der Waals surface area contributed by atoms with Gasteiger partial charge in [-0.1, -0.05) is 78.3 Å². The molecular formula is C28H27BrN2O. The summed E-state index contributed by atoms with van der Waals surface area (Å²) in [5.74, 6) is 0.673. The molecule has 3 nitrogen and oxygen atoms in total. The molecule has 0 unspecified atom stereocenters. The van der Waals surface area contributed by atoms with E-state index < -0.39 is 0 Å². The molecule has 162 valence electrons. The van der Waals surface area contributed by atoms with E-state index in [1.165, 1.54) is 22.2 Å². The predicted molar refractivity (Wildman–Crippen MR) is 135 cm³/mol. The summed E-state index contributed by atoms with van der Waals surface area (Å²) in [6.45, 7) is 5.18. The van der Waals surface area contributed by atoms with Crippen molar-refractivity contribution in [2.75, 3.05) is 6.54 Å². The third kappa shape index (κ3) is 3.38. The topological polar surface area (TPSA) is 25.2 Å². The van der Waals surface area contributed by atoms with Gasteiger partial charge in [-0.3, -0.25) is 4.79 Å². The molecule has 4 heteroatoms. The van der Waals surface area contributed by atoms with Crippen molar-refractivity contribution in [3.05, 3.63) is 94.0 Å². The van der Waals surface area contributed by atoms with Crippen LogP contribution in [0.5, 0.6) is 0 Å². The van der Waals surface area contributed by atoms with Gasteiger partial charge in [0, 0.05) is 40.1 Å². The lowest BCUT2D eigenvalue weighted by Crippen LogP contribution is -2.30. The average Bonchev–Trinajstić information content (AvgIpc) is 3.24. The zero-order chi connectivity index (χ0) is 22.4. The Hall–Kier alpha value is -2.85. The van der Waals surface area contributed by atoms with Crippen molar-refractivity contribution in [1.29, 1.82) is 0 Å². The van der Waals surface area contributed by atoms with E-state index in [0.717, 1.165) is 34.1 Å². The maximum absolute atomic E-state index is 13.5. The number of nitrogens with zero attached hydrogens (tertiary/aromatic N) is 2. The fraction of sp³-hybridized carbons (Fsp3) is 0.250. The Morgan fingerprint density at radius 2 is 1.62 bits per heavy atom. The van der Waals surface area contributed by atoms with Gasteiger partial charge in [-0.25, -0.2) is 0 Å². The van der Waals surface area contributed by atoms with Crippen LogP contribution >= 0.6 is 15.9 Å². The number of aromatic nitrogens is 1. The molecule has 2 heterocycles. The zero-order valence-electron chi connectivity index (χ0n) is 18.7. The Morgan fingerprint density at radius 1 is 0.938 bits per heavy atom. The van der Waals surface area contributed by atoms with E-state index in [4.69, 9.17) is 0 Å². The largest absolute Gasteiger partial charge is 0.343 e. The molecule has 0 radical (unpaired) electrons. The molecule has 1 atom stereocenters. The van der Waals surface area contributed by atoms with E-state index in [1.54, 1.807) is 0 Å². The Balaban J connectivity index is 1.79. The van der Waals surface area contributed by atoms with Gasteiger partial charge in [-0.05, 0) is 47.7 Å². The minimum absolute atomic E-state index is 0.0952. The molecule has 0 aliphatic carbocycles. The maximum Gasteiger partial charge on any atom is 0.255 e. The first kappa shape index (κ1) is 21.0. The SMILES string of the molecule is CC(C)CCN1C(=O)c2ccccc2[C@H]1c1c(-c2ccc(Br)cc2)n(C)c2ccccc12. The van der Waals surface area contributed by atoms with Gasteiger partial charge in [0.2, 0.25) is 0 Å². The zero-order valence-corrected chi connectivity index (χ0v) is 20.3. The molecule has 0 saturated heterocycles. The van der Waals surface area contributed by atoms with Gasteiger partial charge < -0.3 is 9.47 Å². The second-order valence-electron chi connectivity index (χ2n) is 9.02. The summed E-state index contributed by atoms with van der Waals surface area (Å²) in [5.41, 5.74) is 6.66. The van der Waals surface area contributed by atoms with Crippen molar-refractivity contribution in [3.8, 4) is 11.3 Å². The van der Waals surface area contributed by atoms with Gasteiger partial charge in [0.25, 0.3) is 5.91 Å². The Morgan fingerprint density at radius 3 is 2.38 bits per heavy atom. The quantitative estimate of drug-likeness (QED) is 0.292. The third-order valence-electron chi connectivity index (χ3n) is 6.54. The second-order valence-corrected chi connectivity index (χ2v) is 9.93. The molecule has 4 aromatic rings. The molecule has 1 amide bonds. The van der Waals surface area contributed by atoms with Crippen molar-refractivity contribution in [3.63, 3.8) is 0 Å². The fourth-order valence-electron chi connectivity index (χ4n) is 4.97. The normalized spacial score (nSPS) is 15.7. The van der Waals surface area contributed by atoms with Crippen molar-refractivity contribution in [2.45, 2.75) is 26.3 Å². The van der Waals surface area contributed by atoms with E-state index in [1.807, 2.05) is 12.1 Å². The van der Waals surface area contributed by atoms with Gasteiger partial charge in [-0.2, -0.15) is 0 Å². The summed E-state index contributed by atoms with van der Waals surface area (Å²) in [6, 6.07) is 25.1. The number of hydrogen-bond donors (Lipinski definition) is 0. The molecule has 5 rings (SSSR count). The first-order valence-electron chi connectivity index (χ1n) is 11.2. The standard InChI is InChI=1S/C28H27BrN2O/c1-18(2)16-17-31-27(21-8-4-5-9-22(21)28(31)32)25-23-10-6-7-11-24(23)30(3)26(25)19-12-14-20(29)15-13-19/h4-15,18,27H,16-17H2,1-3H3/t27-/m0/s1. The van der Waals surface area contributed by atoms with Crippen LogP contribution in [0.3, 0.4) is 0 Å². The van der Waals surface area contributed by atoms with Gasteiger partial charge in [0.05, 0.1) is 11.7 Å². The molecule has 0 spiro atoms. The molecule has 0 bridgehead atoms. The van der Waals surface area contributed by atoms with Crippen molar-refractivity contribution < 1.29 is 4.79 Å². The summed E-state index contributed by atoms with van der Waals surface area (Å²) in [4.78, 5) is 15.6. The van der Waals surface area contributed by atoms with Crippen LogP contribution < -0.4 is 0 Å². The highest BCUT2D eigenvalue weighted by atomic mass is 79.9. The van der Waals surface area contributed by atoms with Crippen LogP contribution in [0, 0.1) is 5.92 Å². The van der Waals surface area contributed by atoms with E-state index in [9.17, 15) is 4.79 Å². The molecule has 1 aliphatic rings. The average molecular weight is 487 g/mol. The lowest BCUT2D eigenvalue weighted by atomic mass is 9.93. The first-order valence-corrected chi connectivity index (χ1v) is 12.0. The van der Waals surface area contributed by atoms with Crippen LogP contribution in [0.25, 0.3) is 22.2 Å². The van der Waals surface area contributed by atoms with E-state index in [0.29, 0.717) is 5.92 Å². The number of carbonyl (C=O) groups is 1. The summed E-state index contributed by atoms with van der Waals surface area (Å²) in [6.07, 6.45) is 0.981. The fourth-order valence-corrected chi connectivity index (χ4v) is 5.23. The molecule has 3 aromatic carbocycles. The third-order valence-corrected chi connectivity index (χ3v) is 7.07. The van der Waals surface area contributed by atoms with Gasteiger partial charge in [0.15, 0.2) is 0 Å². The lowest BCUT2D eigenvalue weighted by molar-refractivity contribution is 0.0742. The first-order chi connectivity index (χ1) is 15.5. The van der Waals surface area contributed by atoms with Gasteiger partial charge in [-0.15, -0.1) is 0 Å². The van der Waals surface area contributed by atoms with Crippen LogP contribution in [0.1, 0.15) is 47.8 Å². The van der Waals surface area contributed by atoms with Gasteiger partial charge in [0.1, 0.15) is 0 Å². The number of para-hydroxylation sites is 1. The molecule has 0 fully saturated rings. The van der Waals surface area contributed by atoms with E-state index in [2.05, 4.69) is 107 Å². The number of halogens is 1. The van der Waals surface area contributed by atoms with E-state index >= 15 is 0 Å². The van der Waals surface area contributed by atoms with Crippen LogP contribution in [-0.4, -0.2) is 21.9 Å². The Kier molecular flexibility index (Phi) is 5.42. The van der Waals surface area contributed by atoms with Gasteiger partial charge >= 0.3 is 0 Å². The minimum Gasteiger partial charge on any atom is -0.343 e. The van der Waals surface area contributed by atoms with Crippen LogP contribution in [0.2, 0.25) is 0 Å². The number of fused-ring (bicyclic) bond motifs is 2. The summed E-state index contributed by atoms with van der Waals surface area (Å²) in [5, 5.41) is 1.21. The molecule has 0 saturated carbocycles. The number of carbonyl (C=O) groups excluding carboxylic acids is 1. The Labute approximate surface area is 197 Å². The highest BCUT2D eigenvalue weighted by Crippen LogP contribution is 2.46. The summed E-state index contributed by atoms with van der Waals surface area (Å²) >= 11 is 3.57. The maximum atomic E-state index is 13.5. The van der Waals surface area contributed by atoms with Crippen molar-refractivity contribution in [2.24, 2.45) is 13.0 Å². The highest BCUT2D eigenvalue weighted by Gasteiger charge is 2.40. The molecule has 32 heavy (non-hydrogen) atoms. The summed E-state index contributed by atoms with van der Waals surface area (Å²) in [7, 11) is 2.13. The van der Waals surface area contributed by atoms with Crippen molar-refractivity contribution in [1.82, 2.24) is 9.47 Å². The predicted octanol–water partition coefficient (Wildman–Crippen LogP) is 7.20. The monoisotopic (exact) mass is 486 g/mol. The number of aryl methyl sites for hydroxylation is 1. The van der Waals surface area contributed by atoms with Crippen LogP contribution in [0.15, 0.2) is 77.3 Å². The molecule has 0 N–H and O–H groups in total. The number of rotatable bonds is 5. The molecule has 1 aliphatic heterocycles. The lowest BCUT2D eigenvalue weighted by Gasteiger charge is -2.27. The number of amides is 1. The highest BCUT2D eigenvalue weighted by molar-refractivity contribution is 9.10. The minimum atomic E-state index is -0.0952. The van der Waals surface area contributed by atoms with Crippen LogP contribution in [0.4, 0.5) is 0 Å². The molecule has 1 aromatic heterocycles. The molecular weight excluding hydrogens is 460 g/mol. The smallest absolute Gasteiger partial charge is 0.255 e. The second kappa shape index (κ2) is 8.25. The number of hydrogen-bond acceptors (Lipinski definition) is 1. The summed E-state index contributed by atoms with van der Waals surface area (Å²) < 4.78 is 3.33. The Bertz CT molecular complexity index is 1300. The van der Waals surface area contributed by atoms with Crippen LogP contribution in [-0.2, 0) is 7.05 Å². The van der Waals surface area contributed by atoms with E-state index in [-0.39, 0.29) is 11.9 Å². The van der Waals surface area contributed by atoms with Crippen molar-refractivity contribution >= 4 is 32.7 Å².